The quantitative estimate of drug-likeness (QED) is 0.358. The molecule has 9 heteroatoms. The van der Waals surface area contributed by atoms with Crippen LogP contribution in [0.2, 0.25) is 0 Å². The van der Waals surface area contributed by atoms with E-state index < -0.39 is 10.7 Å². The van der Waals surface area contributed by atoms with E-state index in [1.807, 2.05) is 6.92 Å². The normalized spacial score (nSPS) is 10.8. The topological polar surface area (TPSA) is 103 Å². The molecule has 0 aliphatic heterocycles. The van der Waals surface area contributed by atoms with Crippen LogP contribution in [0.3, 0.4) is 0 Å². The van der Waals surface area contributed by atoms with E-state index in [2.05, 4.69) is 20.3 Å². The number of pyridine rings is 1. The monoisotopic (exact) mass is 405 g/mol. The number of aromatic nitrogens is 3. The summed E-state index contributed by atoms with van der Waals surface area (Å²) in [4.78, 5) is 23.0. The number of nitrogens with zero attached hydrogens (tertiary/aromatic N) is 4. The maximum Gasteiger partial charge on any atom is 0.270 e. The van der Waals surface area contributed by atoms with Crippen LogP contribution in [0.5, 0.6) is 11.5 Å². The van der Waals surface area contributed by atoms with Crippen LogP contribution in [-0.2, 0) is 0 Å². The molecule has 0 saturated carbocycles. The molecule has 0 amide bonds. The minimum atomic E-state index is -0.523. The summed E-state index contributed by atoms with van der Waals surface area (Å²) < 4.78 is 20.7. The smallest absolute Gasteiger partial charge is 0.270 e. The Balaban J connectivity index is 1.67. The van der Waals surface area contributed by atoms with Gasteiger partial charge in [-0.25, -0.2) is 14.4 Å². The zero-order chi connectivity index (χ0) is 21.3. The van der Waals surface area contributed by atoms with E-state index in [1.54, 1.807) is 31.3 Å². The molecule has 4 rings (SSSR count). The average Bonchev–Trinajstić information content (AvgIpc) is 2.74. The number of non-ortho nitro benzene ring substituents is 1. The highest BCUT2D eigenvalue weighted by atomic mass is 19.1. The van der Waals surface area contributed by atoms with Gasteiger partial charge in [0.1, 0.15) is 23.6 Å². The van der Waals surface area contributed by atoms with Crippen molar-refractivity contribution >= 4 is 28.1 Å². The van der Waals surface area contributed by atoms with Crippen molar-refractivity contribution in [2.75, 3.05) is 5.32 Å². The van der Waals surface area contributed by atoms with Gasteiger partial charge in [-0.1, -0.05) is 0 Å². The van der Waals surface area contributed by atoms with Crippen molar-refractivity contribution in [2.24, 2.45) is 0 Å². The lowest BCUT2D eigenvalue weighted by molar-refractivity contribution is -0.384. The molecule has 0 spiro atoms. The van der Waals surface area contributed by atoms with Crippen LogP contribution in [0.1, 0.15) is 11.3 Å². The number of ether oxygens (including phenoxy) is 1. The standard InChI is InChI=1S/C21H16FN5O3/c1-12-3-5-15(10-23-12)30-19-8-7-18(20(22)13(19)2)26-21-16-9-14(27(28)29)4-6-17(16)24-11-25-21/h3-11H,1-2H3,(H,24,25,26). The van der Waals surface area contributed by atoms with Crippen LogP contribution in [-0.4, -0.2) is 19.9 Å². The van der Waals surface area contributed by atoms with Crippen molar-refractivity contribution in [3.63, 3.8) is 0 Å². The third kappa shape index (κ3) is 3.72. The molecule has 0 fully saturated rings. The van der Waals surface area contributed by atoms with E-state index in [9.17, 15) is 10.1 Å². The molecule has 0 atom stereocenters. The van der Waals surface area contributed by atoms with Crippen molar-refractivity contribution in [1.29, 1.82) is 0 Å². The molecule has 0 aliphatic carbocycles. The zero-order valence-electron chi connectivity index (χ0n) is 16.1. The lowest BCUT2D eigenvalue weighted by Crippen LogP contribution is -2.01. The van der Waals surface area contributed by atoms with Gasteiger partial charge in [0.25, 0.3) is 5.69 Å². The molecule has 0 unspecified atom stereocenters. The van der Waals surface area contributed by atoms with Crippen LogP contribution >= 0.6 is 0 Å². The third-order valence-electron chi connectivity index (χ3n) is 4.53. The SMILES string of the molecule is Cc1ccc(Oc2ccc(Nc3ncnc4ccc([N+](=O)[O-])cc34)c(F)c2C)cn1. The molecule has 8 nitrogen and oxygen atoms in total. The second kappa shape index (κ2) is 7.70. The minimum Gasteiger partial charge on any atom is -0.455 e. The number of halogens is 1. The van der Waals surface area contributed by atoms with Gasteiger partial charge in [0.2, 0.25) is 0 Å². The highest BCUT2D eigenvalue weighted by Gasteiger charge is 2.15. The zero-order valence-corrected chi connectivity index (χ0v) is 16.1. The summed E-state index contributed by atoms with van der Waals surface area (Å²) in [5.74, 6) is 0.591. The fourth-order valence-corrected chi connectivity index (χ4v) is 2.90. The number of aryl methyl sites for hydroxylation is 1. The van der Waals surface area contributed by atoms with Crippen LogP contribution in [0.4, 0.5) is 21.6 Å². The van der Waals surface area contributed by atoms with E-state index in [0.717, 1.165) is 5.69 Å². The number of benzene rings is 2. The third-order valence-corrected chi connectivity index (χ3v) is 4.53. The fourth-order valence-electron chi connectivity index (χ4n) is 2.90. The lowest BCUT2D eigenvalue weighted by Gasteiger charge is -2.14. The van der Waals surface area contributed by atoms with Crippen LogP contribution in [0.15, 0.2) is 55.0 Å². The van der Waals surface area contributed by atoms with Gasteiger partial charge in [0, 0.05) is 28.8 Å². The van der Waals surface area contributed by atoms with Crippen LogP contribution < -0.4 is 10.1 Å². The first-order valence-corrected chi connectivity index (χ1v) is 8.98. The van der Waals surface area contributed by atoms with Crippen molar-refractivity contribution in [3.8, 4) is 11.5 Å². The van der Waals surface area contributed by atoms with Crippen molar-refractivity contribution < 1.29 is 14.1 Å². The number of fused-ring (bicyclic) bond motifs is 1. The van der Waals surface area contributed by atoms with E-state index in [-0.39, 0.29) is 17.2 Å². The Bertz CT molecular complexity index is 1260. The van der Waals surface area contributed by atoms with E-state index in [0.29, 0.717) is 28.0 Å². The molecule has 0 saturated heterocycles. The lowest BCUT2D eigenvalue weighted by atomic mass is 10.1. The van der Waals surface area contributed by atoms with E-state index >= 15 is 4.39 Å². The van der Waals surface area contributed by atoms with Gasteiger partial charge in [-0.15, -0.1) is 0 Å². The molecule has 30 heavy (non-hydrogen) atoms. The molecule has 0 aliphatic rings. The summed E-state index contributed by atoms with van der Waals surface area (Å²) >= 11 is 0. The van der Waals surface area contributed by atoms with Gasteiger partial charge in [-0.3, -0.25) is 15.1 Å². The molecule has 150 valence electrons. The maximum atomic E-state index is 15.0. The summed E-state index contributed by atoms with van der Waals surface area (Å²) in [6.45, 7) is 3.46. The highest BCUT2D eigenvalue weighted by molar-refractivity contribution is 5.92. The fraction of sp³-hybridized carbons (Fsp3) is 0.0952. The summed E-state index contributed by atoms with van der Waals surface area (Å²) in [5.41, 5.74) is 1.70. The van der Waals surface area contributed by atoms with Crippen molar-refractivity contribution in [2.45, 2.75) is 13.8 Å². The van der Waals surface area contributed by atoms with Crippen LogP contribution in [0.25, 0.3) is 10.9 Å². The molecule has 2 aromatic carbocycles. The average molecular weight is 405 g/mol. The Labute approximate surface area is 170 Å². The number of nitro benzene ring substituents is 1. The van der Waals surface area contributed by atoms with Gasteiger partial charge in [0.05, 0.1) is 22.3 Å². The first kappa shape index (κ1) is 19.2. The number of rotatable bonds is 5. The van der Waals surface area contributed by atoms with Crippen LogP contribution in [0, 0.1) is 29.8 Å². The van der Waals surface area contributed by atoms with Gasteiger partial charge in [0.15, 0.2) is 5.82 Å². The van der Waals surface area contributed by atoms with Gasteiger partial charge >= 0.3 is 0 Å². The number of nitrogens with one attached hydrogen (secondary N) is 1. The Hall–Kier alpha value is -4.14. The first-order chi connectivity index (χ1) is 14.4. The molecule has 2 aromatic heterocycles. The molecule has 2 heterocycles. The maximum absolute atomic E-state index is 15.0. The van der Waals surface area contributed by atoms with Gasteiger partial charge in [-0.2, -0.15) is 0 Å². The first-order valence-electron chi connectivity index (χ1n) is 8.98. The minimum absolute atomic E-state index is 0.104. The van der Waals surface area contributed by atoms with Crippen molar-refractivity contribution in [3.05, 3.63) is 82.2 Å². The predicted molar refractivity (Wildman–Crippen MR) is 110 cm³/mol. The summed E-state index contributed by atoms with van der Waals surface area (Å²) in [6, 6.07) is 10.9. The number of hydrogen-bond donors (Lipinski definition) is 1. The molecular weight excluding hydrogens is 389 g/mol. The molecular formula is C21H16FN5O3. The van der Waals surface area contributed by atoms with E-state index in [1.165, 1.54) is 30.6 Å². The largest absolute Gasteiger partial charge is 0.455 e. The molecule has 0 bridgehead atoms. The van der Waals surface area contributed by atoms with Crippen molar-refractivity contribution in [1.82, 2.24) is 15.0 Å². The Morgan fingerprint density at radius 3 is 2.63 bits per heavy atom. The molecule has 4 aromatic rings. The Kier molecular flexibility index (Phi) is 4.93. The second-order valence-corrected chi connectivity index (χ2v) is 6.59. The summed E-state index contributed by atoms with van der Waals surface area (Å²) in [7, 11) is 0. The Morgan fingerprint density at radius 1 is 1.07 bits per heavy atom. The number of hydrogen-bond acceptors (Lipinski definition) is 7. The summed E-state index contributed by atoms with van der Waals surface area (Å²) in [5, 5.41) is 14.4. The molecule has 0 radical (unpaired) electrons. The predicted octanol–water partition coefficient (Wildman–Crippen LogP) is 5.22. The van der Waals surface area contributed by atoms with E-state index in [4.69, 9.17) is 4.74 Å². The molecule has 1 N–H and O–H groups in total. The number of anilines is 2. The van der Waals surface area contributed by atoms with Gasteiger partial charge < -0.3 is 10.1 Å². The number of nitro groups is 1. The highest BCUT2D eigenvalue weighted by Crippen LogP contribution is 2.33. The second-order valence-electron chi connectivity index (χ2n) is 6.59. The van der Waals surface area contributed by atoms with Gasteiger partial charge in [-0.05, 0) is 44.2 Å². The Morgan fingerprint density at radius 2 is 1.90 bits per heavy atom. The summed E-state index contributed by atoms with van der Waals surface area (Å²) in [6.07, 6.45) is 2.88.